The quantitative estimate of drug-likeness (QED) is 0.700. The Morgan fingerprint density at radius 2 is 1.92 bits per heavy atom. The molecule has 2 aromatic carbocycles. The average Bonchev–Trinajstić information content (AvgIpc) is 3.10. The van der Waals surface area contributed by atoms with Crippen LogP contribution in [0.5, 0.6) is 5.75 Å². The van der Waals surface area contributed by atoms with Gasteiger partial charge < -0.3 is 14.3 Å². The van der Waals surface area contributed by atoms with Gasteiger partial charge in [-0.15, -0.1) is 0 Å². The summed E-state index contributed by atoms with van der Waals surface area (Å²) in [5, 5.41) is 10.3. The molecule has 0 spiro atoms. The van der Waals surface area contributed by atoms with Crippen LogP contribution in [-0.4, -0.2) is 35.7 Å². The Labute approximate surface area is 151 Å². The van der Waals surface area contributed by atoms with Crippen molar-refractivity contribution in [2.24, 2.45) is 0 Å². The zero-order valence-corrected chi connectivity index (χ0v) is 14.7. The van der Waals surface area contributed by atoms with Crippen LogP contribution in [0, 0.1) is 5.82 Å². The second kappa shape index (κ2) is 8.12. The lowest BCUT2D eigenvalue weighted by atomic mass is 10.1. The third-order valence-electron chi connectivity index (χ3n) is 4.07. The number of aliphatic hydroxyl groups is 1. The van der Waals surface area contributed by atoms with E-state index in [1.165, 1.54) is 12.1 Å². The number of oxazole rings is 1. The van der Waals surface area contributed by atoms with E-state index in [1.54, 1.807) is 25.4 Å². The molecule has 0 amide bonds. The number of likely N-dealkylation sites (N-methyl/N-ethyl adjacent to an activating group) is 1. The van der Waals surface area contributed by atoms with Gasteiger partial charge in [-0.1, -0.05) is 24.3 Å². The number of hydrogen-bond donors (Lipinski definition) is 1. The number of rotatable bonds is 7. The molecule has 3 aromatic rings. The summed E-state index contributed by atoms with van der Waals surface area (Å²) < 4.78 is 24.1. The highest BCUT2D eigenvalue weighted by Gasteiger charge is 2.15. The van der Waals surface area contributed by atoms with Gasteiger partial charge in [0, 0.05) is 6.54 Å². The molecule has 5 nitrogen and oxygen atoms in total. The van der Waals surface area contributed by atoms with Crippen LogP contribution in [0.4, 0.5) is 4.39 Å². The molecular weight excluding hydrogens is 335 g/mol. The predicted molar refractivity (Wildman–Crippen MR) is 96.2 cm³/mol. The van der Waals surface area contributed by atoms with Gasteiger partial charge in [-0.3, -0.25) is 4.90 Å². The Kier molecular flexibility index (Phi) is 5.65. The summed E-state index contributed by atoms with van der Waals surface area (Å²) in [5.41, 5.74) is 1.50. The van der Waals surface area contributed by atoms with Crippen LogP contribution in [0.25, 0.3) is 11.3 Å². The lowest BCUT2D eigenvalue weighted by Crippen LogP contribution is -2.24. The maximum absolute atomic E-state index is 13.0. The van der Waals surface area contributed by atoms with Gasteiger partial charge in [0.1, 0.15) is 11.6 Å². The average molecular weight is 356 g/mol. The lowest BCUT2D eigenvalue weighted by Gasteiger charge is -2.19. The molecule has 26 heavy (non-hydrogen) atoms. The first-order valence-corrected chi connectivity index (χ1v) is 8.27. The molecule has 136 valence electrons. The summed E-state index contributed by atoms with van der Waals surface area (Å²) in [4.78, 5) is 6.20. The third kappa shape index (κ3) is 4.28. The summed E-state index contributed by atoms with van der Waals surface area (Å²) in [7, 11) is 3.47. The molecule has 3 rings (SSSR count). The van der Waals surface area contributed by atoms with Crippen LogP contribution in [0.3, 0.4) is 0 Å². The van der Waals surface area contributed by atoms with Gasteiger partial charge in [0.15, 0.2) is 5.76 Å². The molecule has 0 aliphatic rings. The number of ether oxygens (including phenoxy) is 1. The van der Waals surface area contributed by atoms with Crippen molar-refractivity contribution in [1.82, 2.24) is 9.88 Å². The highest BCUT2D eigenvalue weighted by Crippen LogP contribution is 2.30. The van der Waals surface area contributed by atoms with Crippen molar-refractivity contribution in [3.63, 3.8) is 0 Å². The van der Waals surface area contributed by atoms with Crippen molar-refractivity contribution in [2.75, 3.05) is 20.7 Å². The third-order valence-corrected chi connectivity index (χ3v) is 4.07. The second-order valence-electron chi connectivity index (χ2n) is 6.08. The zero-order valence-electron chi connectivity index (χ0n) is 14.7. The van der Waals surface area contributed by atoms with E-state index in [2.05, 4.69) is 4.98 Å². The molecule has 1 aromatic heterocycles. The van der Waals surface area contributed by atoms with Gasteiger partial charge in [0.2, 0.25) is 5.89 Å². The van der Waals surface area contributed by atoms with Crippen LogP contribution >= 0.6 is 0 Å². The Hall–Kier alpha value is -2.70. The maximum atomic E-state index is 13.0. The standard InChI is InChI=1S/C20H21FN2O3/c1-23(12-17(24)14-7-9-15(21)10-8-14)13-20-22-11-19(26-20)16-5-3-4-6-18(16)25-2/h3-11,17,24H,12-13H2,1-2H3. The van der Waals surface area contributed by atoms with E-state index in [1.807, 2.05) is 36.2 Å². The molecule has 1 heterocycles. The number of hydrogen-bond acceptors (Lipinski definition) is 5. The van der Waals surface area contributed by atoms with Crippen molar-refractivity contribution in [2.45, 2.75) is 12.6 Å². The molecule has 0 fully saturated rings. The first-order chi connectivity index (χ1) is 12.6. The molecule has 0 radical (unpaired) electrons. The smallest absolute Gasteiger partial charge is 0.209 e. The SMILES string of the molecule is COc1ccccc1-c1cnc(CN(C)CC(O)c2ccc(F)cc2)o1. The van der Waals surface area contributed by atoms with Gasteiger partial charge in [0.25, 0.3) is 0 Å². The molecule has 0 bridgehead atoms. The topological polar surface area (TPSA) is 58.7 Å². The summed E-state index contributed by atoms with van der Waals surface area (Å²) in [6.45, 7) is 0.811. The second-order valence-corrected chi connectivity index (χ2v) is 6.08. The van der Waals surface area contributed by atoms with E-state index in [9.17, 15) is 9.50 Å². The minimum Gasteiger partial charge on any atom is -0.496 e. The molecule has 0 aliphatic carbocycles. The molecule has 0 saturated heterocycles. The number of aliphatic hydroxyl groups excluding tert-OH is 1. The normalized spacial score (nSPS) is 12.3. The number of benzene rings is 2. The first kappa shape index (κ1) is 18.1. The van der Waals surface area contributed by atoms with Crippen LogP contribution < -0.4 is 4.74 Å². The highest BCUT2D eigenvalue weighted by molar-refractivity contribution is 5.64. The fourth-order valence-electron chi connectivity index (χ4n) is 2.74. The van der Waals surface area contributed by atoms with Gasteiger partial charge in [-0.25, -0.2) is 9.37 Å². The number of nitrogens with zero attached hydrogens (tertiary/aromatic N) is 2. The van der Waals surface area contributed by atoms with Gasteiger partial charge >= 0.3 is 0 Å². The van der Waals surface area contributed by atoms with Crippen molar-refractivity contribution >= 4 is 0 Å². The van der Waals surface area contributed by atoms with Gasteiger partial charge in [-0.05, 0) is 36.9 Å². The minimum absolute atomic E-state index is 0.321. The number of methoxy groups -OCH3 is 1. The molecule has 1 atom stereocenters. The lowest BCUT2D eigenvalue weighted by molar-refractivity contribution is 0.119. The number of halogens is 1. The monoisotopic (exact) mass is 356 g/mol. The fraction of sp³-hybridized carbons (Fsp3) is 0.250. The van der Waals surface area contributed by atoms with Crippen molar-refractivity contribution in [3.05, 3.63) is 72.0 Å². The van der Waals surface area contributed by atoms with E-state index in [0.717, 1.165) is 11.3 Å². The first-order valence-electron chi connectivity index (χ1n) is 8.27. The molecule has 6 heteroatoms. The Morgan fingerprint density at radius 3 is 2.65 bits per heavy atom. The predicted octanol–water partition coefficient (Wildman–Crippen LogP) is 3.65. The maximum Gasteiger partial charge on any atom is 0.209 e. The Bertz CT molecular complexity index is 848. The number of aromatic nitrogens is 1. The van der Waals surface area contributed by atoms with Crippen molar-refractivity contribution in [1.29, 1.82) is 0 Å². The van der Waals surface area contributed by atoms with Crippen LogP contribution in [0.15, 0.2) is 59.1 Å². The highest BCUT2D eigenvalue weighted by atomic mass is 19.1. The molecule has 1 unspecified atom stereocenters. The van der Waals surface area contributed by atoms with E-state index >= 15 is 0 Å². The summed E-state index contributed by atoms with van der Waals surface area (Å²) >= 11 is 0. The minimum atomic E-state index is -0.718. The fourth-order valence-corrected chi connectivity index (χ4v) is 2.74. The zero-order chi connectivity index (χ0) is 18.5. The Morgan fingerprint density at radius 1 is 1.19 bits per heavy atom. The van der Waals surface area contributed by atoms with Crippen molar-refractivity contribution in [3.8, 4) is 17.1 Å². The van der Waals surface area contributed by atoms with Crippen LogP contribution in [0.2, 0.25) is 0 Å². The summed E-state index contributed by atoms with van der Waals surface area (Å²) in [6, 6.07) is 13.4. The van der Waals surface area contributed by atoms with Gasteiger partial charge in [0.05, 0.1) is 31.5 Å². The molecular formula is C20H21FN2O3. The Balaban J connectivity index is 1.64. The summed E-state index contributed by atoms with van der Waals surface area (Å²) in [6.07, 6.45) is 0.946. The van der Waals surface area contributed by atoms with E-state index < -0.39 is 6.10 Å². The van der Waals surface area contributed by atoms with E-state index in [0.29, 0.717) is 30.3 Å². The molecule has 0 aliphatic heterocycles. The number of para-hydroxylation sites is 1. The largest absolute Gasteiger partial charge is 0.496 e. The van der Waals surface area contributed by atoms with Crippen LogP contribution in [0.1, 0.15) is 17.6 Å². The van der Waals surface area contributed by atoms with Crippen molar-refractivity contribution < 1.29 is 18.7 Å². The van der Waals surface area contributed by atoms with E-state index in [-0.39, 0.29) is 5.82 Å². The van der Waals surface area contributed by atoms with E-state index in [4.69, 9.17) is 9.15 Å². The molecule has 0 saturated carbocycles. The van der Waals surface area contributed by atoms with Gasteiger partial charge in [-0.2, -0.15) is 0 Å². The summed E-state index contributed by atoms with van der Waals surface area (Å²) in [5.74, 6) is 1.57. The van der Waals surface area contributed by atoms with Crippen LogP contribution in [-0.2, 0) is 6.54 Å². The molecule has 1 N–H and O–H groups in total.